The number of fused-ring (bicyclic) bond motifs is 2. The molecular weight excluding hydrogens is 356 g/mol. The van der Waals surface area contributed by atoms with Crippen molar-refractivity contribution in [1.82, 2.24) is 4.90 Å². The summed E-state index contributed by atoms with van der Waals surface area (Å²) in [5.41, 5.74) is 0.644. The standard InChI is InChI=1S/C22H26N2O4/c25-21-16-10-11-17(21)15-24(14-16)22(26)23-19-8-4-5-9-20(19)28-13-12-27-18-6-2-1-3-7-18/h1-9,16-17,21,25H,10-15H2,(H,23,26)/t16-,17+,21?. The summed E-state index contributed by atoms with van der Waals surface area (Å²) in [6, 6.07) is 16.9. The van der Waals surface area contributed by atoms with Gasteiger partial charge in [0, 0.05) is 24.9 Å². The van der Waals surface area contributed by atoms with E-state index in [2.05, 4.69) is 5.32 Å². The highest BCUT2D eigenvalue weighted by Crippen LogP contribution is 2.37. The summed E-state index contributed by atoms with van der Waals surface area (Å²) in [7, 11) is 0. The molecule has 0 spiro atoms. The van der Waals surface area contributed by atoms with Crippen LogP contribution >= 0.6 is 0 Å². The summed E-state index contributed by atoms with van der Waals surface area (Å²) in [5.74, 6) is 1.82. The Morgan fingerprint density at radius 1 is 0.964 bits per heavy atom. The third-order valence-electron chi connectivity index (χ3n) is 5.55. The van der Waals surface area contributed by atoms with E-state index in [1.165, 1.54) is 0 Å². The van der Waals surface area contributed by atoms with Crippen LogP contribution in [0.15, 0.2) is 54.6 Å². The largest absolute Gasteiger partial charge is 0.490 e. The fourth-order valence-electron chi connectivity index (χ4n) is 4.08. The zero-order valence-corrected chi connectivity index (χ0v) is 15.8. The Morgan fingerprint density at radius 2 is 1.61 bits per heavy atom. The maximum atomic E-state index is 12.7. The van der Waals surface area contributed by atoms with Gasteiger partial charge in [-0.15, -0.1) is 0 Å². The highest BCUT2D eigenvalue weighted by Gasteiger charge is 2.42. The third-order valence-corrected chi connectivity index (χ3v) is 5.55. The molecule has 0 aromatic heterocycles. The number of piperidine rings is 1. The number of nitrogens with one attached hydrogen (secondary N) is 1. The predicted octanol–water partition coefficient (Wildman–Crippen LogP) is 3.38. The van der Waals surface area contributed by atoms with Crippen molar-refractivity contribution in [3.63, 3.8) is 0 Å². The molecule has 6 heteroatoms. The van der Waals surface area contributed by atoms with Gasteiger partial charge in [-0.25, -0.2) is 4.79 Å². The first kappa shape index (κ1) is 18.6. The van der Waals surface area contributed by atoms with Gasteiger partial charge in [0.1, 0.15) is 24.7 Å². The molecular formula is C22H26N2O4. The van der Waals surface area contributed by atoms with Crippen molar-refractivity contribution in [2.24, 2.45) is 11.8 Å². The minimum Gasteiger partial charge on any atom is -0.490 e. The van der Waals surface area contributed by atoms with E-state index in [0.29, 0.717) is 37.7 Å². The maximum Gasteiger partial charge on any atom is 0.321 e. The van der Waals surface area contributed by atoms with E-state index in [1.807, 2.05) is 59.5 Å². The van der Waals surface area contributed by atoms with Crippen molar-refractivity contribution < 1.29 is 19.4 Å². The number of hydrogen-bond acceptors (Lipinski definition) is 4. The molecule has 2 aromatic rings. The van der Waals surface area contributed by atoms with Crippen LogP contribution in [0, 0.1) is 11.8 Å². The first-order chi connectivity index (χ1) is 13.7. The van der Waals surface area contributed by atoms with E-state index < -0.39 is 0 Å². The van der Waals surface area contributed by atoms with Gasteiger partial charge < -0.3 is 24.8 Å². The van der Waals surface area contributed by atoms with Crippen molar-refractivity contribution in [1.29, 1.82) is 0 Å². The van der Waals surface area contributed by atoms with Crippen LogP contribution in [0.5, 0.6) is 11.5 Å². The second-order valence-corrected chi connectivity index (χ2v) is 7.43. The van der Waals surface area contributed by atoms with Crippen LogP contribution in [-0.4, -0.2) is 48.4 Å². The van der Waals surface area contributed by atoms with Crippen LogP contribution in [0.4, 0.5) is 10.5 Å². The Hall–Kier alpha value is -2.73. The number of carbonyl (C=O) groups is 1. The number of hydrogen-bond donors (Lipinski definition) is 2. The first-order valence-corrected chi connectivity index (χ1v) is 9.84. The van der Waals surface area contributed by atoms with Crippen molar-refractivity contribution in [3.8, 4) is 11.5 Å². The molecule has 1 unspecified atom stereocenters. The van der Waals surface area contributed by atoms with Gasteiger partial charge in [-0.2, -0.15) is 0 Å². The molecule has 2 amide bonds. The highest BCUT2D eigenvalue weighted by molar-refractivity contribution is 5.91. The molecule has 2 bridgehead atoms. The molecule has 2 aromatic carbocycles. The molecule has 2 N–H and O–H groups in total. The second-order valence-electron chi connectivity index (χ2n) is 7.43. The fourth-order valence-corrected chi connectivity index (χ4v) is 4.08. The number of para-hydroxylation sites is 3. The van der Waals surface area contributed by atoms with Gasteiger partial charge >= 0.3 is 6.03 Å². The lowest BCUT2D eigenvalue weighted by atomic mass is 9.95. The topological polar surface area (TPSA) is 71.0 Å². The molecule has 1 aliphatic carbocycles. The van der Waals surface area contributed by atoms with E-state index in [0.717, 1.165) is 18.6 Å². The van der Waals surface area contributed by atoms with Crippen LogP contribution in [-0.2, 0) is 0 Å². The minimum absolute atomic E-state index is 0.139. The number of urea groups is 1. The average molecular weight is 382 g/mol. The van der Waals surface area contributed by atoms with E-state index in [4.69, 9.17) is 9.47 Å². The number of benzene rings is 2. The smallest absolute Gasteiger partial charge is 0.321 e. The molecule has 2 fully saturated rings. The summed E-state index contributed by atoms with van der Waals surface area (Å²) in [6.07, 6.45) is 1.73. The molecule has 1 aliphatic heterocycles. The van der Waals surface area contributed by atoms with Crippen LogP contribution in [0.1, 0.15) is 12.8 Å². The highest BCUT2D eigenvalue weighted by atomic mass is 16.5. The predicted molar refractivity (Wildman–Crippen MR) is 107 cm³/mol. The van der Waals surface area contributed by atoms with Gasteiger partial charge in [-0.1, -0.05) is 30.3 Å². The van der Waals surface area contributed by atoms with Gasteiger partial charge in [-0.3, -0.25) is 0 Å². The van der Waals surface area contributed by atoms with Crippen molar-refractivity contribution >= 4 is 11.7 Å². The number of carbonyl (C=O) groups excluding carboxylic acids is 1. The molecule has 1 saturated heterocycles. The molecule has 148 valence electrons. The SMILES string of the molecule is O=C(Nc1ccccc1OCCOc1ccccc1)N1C[C@H]2CC[C@@H](C1)C2O. The Bertz CT molecular complexity index is 784. The van der Waals surface area contributed by atoms with E-state index in [1.54, 1.807) is 0 Å². The van der Waals surface area contributed by atoms with E-state index >= 15 is 0 Å². The normalized spacial score (nSPS) is 23.3. The Kier molecular flexibility index (Phi) is 5.67. The lowest BCUT2D eigenvalue weighted by molar-refractivity contribution is 0.0326. The summed E-state index contributed by atoms with van der Waals surface area (Å²) in [6.45, 7) is 2.01. The molecule has 1 heterocycles. The molecule has 2 aliphatic rings. The maximum absolute atomic E-state index is 12.7. The number of likely N-dealkylation sites (tertiary alicyclic amines) is 1. The monoisotopic (exact) mass is 382 g/mol. The molecule has 1 saturated carbocycles. The van der Waals surface area contributed by atoms with Crippen molar-refractivity contribution in [2.75, 3.05) is 31.6 Å². The number of amides is 2. The van der Waals surface area contributed by atoms with Gasteiger partial charge in [0.15, 0.2) is 0 Å². The Labute approximate surface area is 165 Å². The number of rotatable bonds is 6. The molecule has 3 atom stereocenters. The van der Waals surface area contributed by atoms with Crippen LogP contribution in [0.2, 0.25) is 0 Å². The fraction of sp³-hybridized carbons (Fsp3) is 0.409. The Morgan fingerprint density at radius 3 is 2.36 bits per heavy atom. The number of aliphatic hydroxyl groups is 1. The van der Waals surface area contributed by atoms with Gasteiger partial charge in [0.25, 0.3) is 0 Å². The van der Waals surface area contributed by atoms with Gasteiger partial charge in [0.05, 0.1) is 11.8 Å². The van der Waals surface area contributed by atoms with E-state index in [9.17, 15) is 9.90 Å². The molecule has 6 nitrogen and oxygen atoms in total. The quantitative estimate of drug-likeness (QED) is 0.752. The number of nitrogens with zero attached hydrogens (tertiary/aromatic N) is 1. The summed E-state index contributed by atoms with van der Waals surface area (Å²) in [5, 5.41) is 13.1. The van der Waals surface area contributed by atoms with Crippen molar-refractivity contribution in [3.05, 3.63) is 54.6 Å². The number of anilines is 1. The van der Waals surface area contributed by atoms with Crippen LogP contribution in [0.3, 0.4) is 0 Å². The lowest BCUT2D eigenvalue weighted by Gasteiger charge is -2.35. The lowest BCUT2D eigenvalue weighted by Crippen LogP contribution is -2.48. The molecule has 4 rings (SSSR count). The van der Waals surface area contributed by atoms with Gasteiger partial charge in [-0.05, 0) is 37.1 Å². The summed E-state index contributed by atoms with van der Waals surface area (Å²) < 4.78 is 11.5. The summed E-state index contributed by atoms with van der Waals surface area (Å²) >= 11 is 0. The first-order valence-electron chi connectivity index (χ1n) is 9.84. The minimum atomic E-state index is -0.260. The molecule has 28 heavy (non-hydrogen) atoms. The third kappa shape index (κ3) is 4.22. The molecule has 0 radical (unpaired) electrons. The number of ether oxygens (including phenoxy) is 2. The zero-order chi connectivity index (χ0) is 19.3. The van der Waals surface area contributed by atoms with Crippen molar-refractivity contribution in [2.45, 2.75) is 18.9 Å². The van der Waals surface area contributed by atoms with Crippen LogP contribution < -0.4 is 14.8 Å². The summed E-state index contributed by atoms with van der Waals surface area (Å²) in [4.78, 5) is 14.5. The average Bonchev–Trinajstić information content (AvgIpc) is 2.93. The van der Waals surface area contributed by atoms with Gasteiger partial charge in [0.2, 0.25) is 0 Å². The zero-order valence-electron chi connectivity index (χ0n) is 15.8. The number of aliphatic hydroxyl groups excluding tert-OH is 1. The van der Waals surface area contributed by atoms with Crippen LogP contribution in [0.25, 0.3) is 0 Å². The Balaban J connectivity index is 1.31. The second kappa shape index (κ2) is 8.52. The van der Waals surface area contributed by atoms with E-state index in [-0.39, 0.29) is 24.0 Å².